The van der Waals surface area contributed by atoms with Gasteiger partial charge in [-0.1, -0.05) is 23.7 Å². The molecule has 138 valence electrons. The molecule has 0 saturated carbocycles. The maximum absolute atomic E-state index is 12.5. The average molecular weight is 400 g/mol. The predicted molar refractivity (Wildman–Crippen MR) is 99.4 cm³/mol. The maximum atomic E-state index is 12.5. The summed E-state index contributed by atoms with van der Waals surface area (Å²) < 4.78 is 31.4. The van der Waals surface area contributed by atoms with Crippen LogP contribution < -0.4 is 10.1 Å². The third kappa shape index (κ3) is 5.42. The second-order valence-electron chi connectivity index (χ2n) is 5.37. The van der Waals surface area contributed by atoms with Crippen LogP contribution in [0, 0.1) is 0 Å². The fourth-order valence-corrected chi connectivity index (χ4v) is 2.63. The number of hydrogen-bond acceptors (Lipinski definition) is 3. The lowest BCUT2D eigenvalue weighted by molar-refractivity contribution is -0.0505. The Morgan fingerprint density at radius 2 is 1.88 bits per heavy atom. The summed E-state index contributed by atoms with van der Waals surface area (Å²) in [6.07, 6.45) is 5.33. The quantitative estimate of drug-likeness (QED) is 0.617. The fourth-order valence-electron chi connectivity index (χ4n) is 2.44. The summed E-state index contributed by atoms with van der Waals surface area (Å²) in [6, 6.07) is 12.6. The van der Waals surface area contributed by atoms with Crippen LogP contribution in [0.3, 0.4) is 0 Å². The van der Waals surface area contributed by atoms with Crippen molar-refractivity contribution in [2.45, 2.75) is 19.7 Å². The molecule has 2 aromatic carbocycles. The zero-order valence-corrected chi connectivity index (χ0v) is 15.2. The number of alkyl halides is 2. The first-order chi connectivity index (χ1) is 12.1. The molecule has 26 heavy (non-hydrogen) atoms. The van der Waals surface area contributed by atoms with Crippen molar-refractivity contribution < 1.29 is 13.5 Å². The Bertz CT molecular complexity index is 812. The minimum atomic E-state index is -2.87. The van der Waals surface area contributed by atoms with Gasteiger partial charge < -0.3 is 14.6 Å². The van der Waals surface area contributed by atoms with Crippen molar-refractivity contribution in [3.8, 4) is 11.4 Å². The molecule has 0 fully saturated rings. The summed E-state index contributed by atoms with van der Waals surface area (Å²) >= 11 is 5.94. The zero-order chi connectivity index (χ0) is 17.6. The summed E-state index contributed by atoms with van der Waals surface area (Å²) in [7, 11) is 0. The topological polar surface area (TPSA) is 39.1 Å². The monoisotopic (exact) mass is 399 g/mol. The van der Waals surface area contributed by atoms with Crippen LogP contribution in [-0.4, -0.2) is 16.2 Å². The van der Waals surface area contributed by atoms with E-state index >= 15 is 0 Å². The number of rotatable bonds is 7. The lowest BCUT2D eigenvalue weighted by atomic mass is 10.1. The van der Waals surface area contributed by atoms with Crippen molar-refractivity contribution in [3.05, 3.63) is 77.3 Å². The van der Waals surface area contributed by atoms with E-state index in [0.717, 1.165) is 11.3 Å². The van der Waals surface area contributed by atoms with Gasteiger partial charge in [-0.15, -0.1) is 12.4 Å². The highest BCUT2D eigenvalue weighted by Crippen LogP contribution is 2.24. The van der Waals surface area contributed by atoms with Crippen molar-refractivity contribution in [2.75, 3.05) is 0 Å². The molecule has 1 heterocycles. The number of hydrogen-bond donors (Lipinski definition) is 1. The molecule has 0 spiro atoms. The third-order valence-electron chi connectivity index (χ3n) is 3.62. The number of halogens is 4. The molecular weight excluding hydrogens is 383 g/mol. The summed E-state index contributed by atoms with van der Waals surface area (Å²) in [5.41, 5.74) is 2.67. The van der Waals surface area contributed by atoms with Crippen molar-refractivity contribution in [1.29, 1.82) is 0 Å². The van der Waals surface area contributed by atoms with Gasteiger partial charge in [-0.05, 0) is 35.9 Å². The minimum Gasteiger partial charge on any atom is -0.434 e. The number of nitrogens with zero attached hydrogens (tertiary/aromatic N) is 2. The molecule has 0 aliphatic rings. The number of imidazole rings is 1. The molecule has 0 aliphatic carbocycles. The molecule has 0 radical (unpaired) electrons. The second-order valence-corrected chi connectivity index (χ2v) is 5.81. The van der Waals surface area contributed by atoms with Gasteiger partial charge in [0.05, 0.1) is 6.33 Å². The predicted octanol–water partition coefficient (Wildman–Crippen LogP) is 4.84. The number of aromatic nitrogens is 2. The molecule has 0 aliphatic heterocycles. The van der Waals surface area contributed by atoms with Crippen molar-refractivity contribution in [3.63, 3.8) is 0 Å². The summed E-state index contributed by atoms with van der Waals surface area (Å²) in [5, 5.41) is 3.69. The highest BCUT2D eigenvalue weighted by molar-refractivity contribution is 6.30. The molecule has 3 aromatic rings. The highest BCUT2D eigenvalue weighted by atomic mass is 35.5. The van der Waals surface area contributed by atoms with Crippen molar-refractivity contribution >= 4 is 24.0 Å². The molecule has 1 N–H and O–H groups in total. The summed E-state index contributed by atoms with van der Waals surface area (Å²) in [5.74, 6) is 0.127. The molecule has 0 atom stereocenters. The largest absolute Gasteiger partial charge is 0.434 e. The second kappa shape index (κ2) is 9.52. The lowest BCUT2D eigenvalue weighted by Crippen LogP contribution is -2.14. The van der Waals surface area contributed by atoms with Crippen LogP contribution in [0.15, 0.2) is 61.2 Å². The van der Waals surface area contributed by atoms with E-state index in [0.29, 0.717) is 23.7 Å². The lowest BCUT2D eigenvalue weighted by Gasteiger charge is -2.12. The molecule has 0 saturated heterocycles. The number of benzene rings is 2. The van der Waals surface area contributed by atoms with E-state index in [4.69, 9.17) is 11.6 Å². The Hall–Kier alpha value is -2.15. The van der Waals surface area contributed by atoms with Crippen LogP contribution in [0.5, 0.6) is 5.75 Å². The van der Waals surface area contributed by atoms with Gasteiger partial charge in [0, 0.05) is 41.8 Å². The van der Waals surface area contributed by atoms with Crippen LogP contribution >= 0.6 is 24.0 Å². The minimum absolute atomic E-state index is 0. The fraction of sp³-hybridized carbons (Fsp3) is 0.167. The Morgan fingerprint density at radius 1 is 1.12 bits per heavy atom. The van der Waals surface area contributed by atoms with Crippen LogP contribution in [0.25, 0.3) is 5.69 Å². The molecule has 1 aromatic heterocycles. The summed E-state index contributed by atoms with van der Waals surface area (Å²) in [6.45, 7) is -1.91. The van der Waals surface area contributed by atoms with Gasteiger partial charge >= 0.3 is 6.61 Å². The van der Waals surface area contributed by atoms with E-state index in [2.05, 4.69) is 15.0 Å². The number of nitrogens with one attached hydrogen (secondary N) is 1. The molecule has 3 rings (SSSR count). The van der Waals surface area contributed by atoms with Crippen LogP contribution in [0.2, 0.25) is 5.02 Å². The van der Waals surface area contributed by atoms with E-state index in [1.54, 1.807) is 18.6 Å². The molecule has 4 nitrogen and oxygen atoms in total. The molecule has 0 unspecified atom stereocenters. The third-order valence-corrected chi connectivity index (χ3v) is 3.86. The van der Waals surface area contributed by atoms with Gasteiger partial charge in [0.25, 0.3) is 0 Å². The average Bonchev–Trinajstić information content (AvgIpc) is 3.12. The molecule has 8 heteroatoms. The van der Waals surface area contributed by atoms with Gasteiger partial charge in [0.15, 0.2) is 0 Å². The van der Waals surface area contributed by atoms with E-state index < -0.39 is 6.61 Å². The SMILES string of the molecule is Cl.FC(F)Oc1ccc(Cl)cc1CNCc1ccc(-n2ccnc2)cc1. The zero-order valence-electron chi connectivity index (χ0n) is 13.6. The molecule has 0 bridgehead atoms. The first-order valence-electron chi connectivity index (χ1n) is 7.63. The van der Waals surface area contributed by atoms with Crippen LogP contribution in [0.4, 0.5) is 8.78 Å². The smallest absolute Gasteiger partial charge is 0.387 e. The Balaban J connectivity index is 0.00000243. The van der Waals surface area contributed by atoms with E-state index in [9.17, 15) is 8.78 Å². The van der Waals surface area contributed by atoms with Gasteiger partial charge in [-0.25, -0.2) is 4.98 Å². The summed E-state index contributed by atoms with van der Waals surface area (Å²) in [4.78, 5) is 4.01. The Morgan fingerprint density at radius 3 is 2.54 bits per heavy atom. The van der Waals surface area contributed by atoms with Crippen LogP contribution in [0.1, 0.15) is 11.1 Å². The standard InChI is InChI=1S/C18H16ClF2N3O.ClH/c19-15-3-6-17(25-18(20)21)14(9-15)11-23-10-13-1-4-16(5-2-13)24-8-7-22-12-24;/h1-9,12,18,23H,10-11H2;1H. The van der Waals surface area contributed by atoms with Gasteiger partial charge in [0.2, 0.25) is 0 Å². The van der Waals surface area contributed by atoms with Crippen LogP contribution in [-0.2, 0) is 13.1 Å². The van der Waals surface area contributed by atoms with E-state index in [1.165, 1.54) is 12.1 Å². The van der Waals surface area contributed by atoms with Gasteiger partial charge in [-0.2, -0.15) is 8.78 Å². The first kappa shape index (κ1) is 20.2. The highest BCUT2D eigenvalue weighted by Gasteiger charge is 2.10. The van der Waals surface area contributed by atoms with Gasteiger partial charge in [-0.3, -0.25) is 0 Å². The van der Waals surface area contributed by atoms with Crippen molar-refractivity contribution in [1.82, 2.24) is 14.9 Å². The first-order valence-corrected chi connectivity index (χ1v) is 8.01. The normalized spacial score (nSPS) is 10.6. The Kier molecular flexibility index (Phi) is 7.38. The molecular formula is C18H17Cl2F2N3O. The van der Waals surface area contributed by atoms with Gasteiger partial charge in [0.1, 0.15) is 5.75 Å². The van der Waals surface area contributed by atoms with E-state index in [1.807, 2.05) is 35.0 Å². The Labute approximate surface area is 161 Å². The number of ether oxygens (including phenoxy) is 1. The van der Waals surface area contributed by atoms with E-state index in [-0.39, 0.29) is 18.2 Å². The van der Waals surface area contributed by atoms with Crippen molar-refractivity contribution in [2.24, 2.45) is 0 Å². The molecule has 0 amide bonds. The maximum Gasteiger partial charge on any atom is 0.387 e.